The van der Waals surface area contributed by atoms with Gasteiger partial charge in [0.05, 0.1) is 12.2 Å². The summed E-state index contributed by atoms with van der Waals surface area (Å²) in [6.45, 7) is 7.35. The number of anilines is 1. The average Bonchev–Trinajstić information content (AvgIpc) is 2.65. The molecule has 4 rings (SSSR count). The Morgan fingerprint density at radius 2 is 1.56 bits per heavy atom. The monoisotopic (exact) mass is 384 g/mol. The van der Waals surface area contributed by atoms with E-state index in [9.17, 15) is 8.42 Å². The number of amidine groups is 1. The minimum atomic E-state index is -3.61. The second kappa shape index (κ2) is 7.42. The summed E-state index contributed by atoms with van der Waals surface area (Å²) >= 11 is 0. The Bertz CT molecular complexity index is 963. The van der Waals surface area contributed by atoms with Gasteiger partial charge >= 0.3 is 0 Å². The summed E-state index contributed by atoms with van der Waals surface area (Å²) in [5.41, 5.74) is 3.30. The number of nitrogens with one attached hydrogen (secondary N) is 1. The second-order valence-electron chi connectivity index (χ2n) is 7.11. The first-order valence-corrected chi connectivity index (χ1v) is 10.6. The highest BCUT2D eigenvalue weighted by atomic mass is 32.2. The second-order valence-corrected chi connectivity index (χ2v) is 8.69. The Hall–Kier alpha value is -2.22. The lowest BCUT2D eigenvalue weighted by molar-refractivity contribution is 0.140. The van der Waals surface area contributed by atoms with Gasteiger partial charge < -0.3 is 5.32 Å². The van der Waals surface area contributed by atoms with Crippen LogP contribution in [0.25, 0.3) is 0 Å². The molecular formula is C20H24N4O2S. The van der Waals surface area contributed by atoms with Crippen LogP contribution in [0.4, 0.5) is 5.69 Å². The predicted octanol–water partition coefficient (Wildman–Crippen LogP) is 2.33. The van der Waals surface area contributed by atoms with Gasteiger partial charge in [-0.3, -0.25) is 9.80 Å². The van der Waals surface area contributed by atoms with Crippen molar-refractivity contribution in [1.82, 2.24) is 9.80 Å². The van der Waals surface area contributed by atoms with E-state index >= 15 is 0 Å². The number of benzene rings is 2. The zero-order chi connectivity index (χ0) is 18.9. The lowest BCUT2D eigenvalue weighted by Gasteiger charge is -2.35. The third-order valence-corrected chi connectivity index (χ3v) is 6.54. The van der Waals surface area contributed by atoms with Crippen molar-refractivity contribution in [3.05, 3.63) is 59.7 Å². The van der Waals surface area contributed by atoms with Gasteiger partial charge in [0.1, 0.15) is 10.7 Å². The number of piperazine rings is 1. The van der Waals surface area contributed by atoms with Crippen LogP contribution in [-0.4, -0.2) is 56.8 Å². The summed E-state index contributed by atoms with van der Waals surface area (Å²) in [7, 11) is -3.61. The number of hydrogen-bond donors (Lipinski definition) is 1. The Kier molecular flexibility index (Phi) is 4.99. The molecule has 142 valence electrons. The normalized spacial score (nSPS) is 19.8. The highest BCUT2D eigenvalue weighted by molar-refractivity contribution is 7.90. The van der Waals surface area contributed by atoms with Crippen LogP contribution in [0.15, 0.2) is 57.8 Å². The van der Waals surface area contributed by atoms with E-state index in [-0.39, 0.29) is 4.90 Å². The molecule has 0 bridgehead atoms. The molecule has 2 aromatic rings. The summed E-state index contributed by atoms with van der Waals surface area (Å²) in [6, 6.07) is 15.4. The number of rotatable bonds is 4. The molecule has 2 aromatic carbocycles. The van der Waals surface area contributed by atoms with E-state index in [2.05, 4.69) is 50.7 Å². The molecule has 0 saturated carbocycles. The molecule has 1 saturated heterocycles. The highest BCUT2D eigenvalue weighted by Crippen LogP contribution is 2.26. The molecular weight excluding hydrogens is 360 g/mol. The number of fused-ring (bicyclic) bond motifs is 1. The molecule has 7 heteroatoms. The minimum absolute atomic E-state index is 0.247. The van der Waals surface area contributed by atoms with Crippen molar-refractivity contribution in [2.45, 2.75) is 18.4 Å². The molecule has 2 aliphatic rings. The van der Waals surface area contributed by atoms with Crippen LogP contribution in [0.2, 0.25) is 0 Å². The van der Waals surface area contributed by atoms with Crippen LogP contribution in [0.3, 0.4) is 0 Å². The molecule has 0 atom stereocenters. The fourth-order valence-electron chi connectivity index (χ4n) is 3.58. The Balaban J connectivity index is 1.36. The van der Waals surface area contributed by atoms with Gasteiger partial charge in [0.15, 0.2) is 0 Å². The van der Waals surface area contributed by atoms with E-state index in [4.69, 9.17) is 0 Å². The molecule has 0 unspecified atom stereocenters. The fourth-order valence-corrected chi connectivity index (χ4v) is 4.72. The summed E-state index contributed by atoms with van der Waals surface area (Å²) in [5.74, 6) is 0.501. The first-order valence-electron chi connectivity index (χ1n) is 9.20. The summed E-state index contributed by atoms with van der Waals surface area (Å²) in [6.07, 6.45) is 0. The van der Waals surface area contributed by atoms with Gasteiger partial charge in [-0.25, -0.2) is 0 Å². The maximum Gasteiger partial charge on any atom is 0.286 e. The number of aryl methyl sites for hydroxylation is 1. The lowest BCUT2D eigenvalue weighted by Crippen LogP contribution is -2.48. The lowest BCUT2D eigenvalue weighted by atomic mass is 10.1. The van der Waals surface area contributed by atoms with Crippen LogP contribution in [0, 0.1) is 6.92 Å². The van der Waals surface area contributed by atoms with Crippen molar-refractivity contribution in [3.8, 4) is 0 Å². The van der Waals surface area contributed by atoms with Gasteiger partial charge in [0.2, 0.25) is 0 Å². The molecule has 0 amide bonds. The van der Waals surface area contributed by atoms with E-state index in [1.165, 1.54) is 11.1 Å². The maximum atomic E-state index is 12.4. The van der Waals surface area contributed by atoms with E-state index in [1.54, 1.807) is 18.2 Å². The van der Waals surface area contributed by atoms with Crippen molar-refractivity contribution in [2.75, 3.05) is 38.0 Å². The standard InChI is InChI=1S/C20H24N4O2S/c1-16-6-2-3-7-17(16)14-23-10-12-24(13-11-23)15-20-21-18-8-4-5-9-19(18)27(25,26)22-20/h2-9H,10-15H2,1H3,(H,21,22). The SMILES string of the molecule is Cc1ccccc1CN1CCN(CC2=NS(=O)(=O)c3ccccc3N2)CC1. The predicted molar refractivity (Wildman–Crippen MR) is 108 cm³/mol. The third-order valence-electron chi connectivity index (χ3n) is 5.17. The van der Waals surface area contributed by atoms with Gasteiger partial charge in [-0.15, -0.1) is 4.40 Å². The molecule has 1 N–H and O–H groups in total. The van der Waals surface area contributed by atoms with E-state index in [0.717, 1.165) is 32.7 Å². The van der Waals surface area contributed by atoms with E-state index in [0.29, 0.717) is 18.1 Å². The molecule has 0 radical (unpaired) electrons. The van der Waals surface area contributed by atoms with Crippen molar-refractivity contribution in [1.29, 1.82) is 0 Å². The highest BCUT2D eigenvalue weighted by Gasteiger charge is 2.26. The number of nitrogens with zero attached hydrogens (tertiary/aromatic N) is 3. The molecule has 0 spiro atoms. The van der Waals surface area contributed by atoms with Crippen LogP contribution in [-0.2, 0) is 16.6 Å². The fraction of sp³-hybridized carbons (Fsp3) is 0.350. The molecule has 27 heavy (non-hydrogen) atoms. The zero-order valence-electron chi connectivity index (χ0n) is 15.4. The number of sulfonamides is 1. The smallest absolute Gasteiger partial charge is 0.286 e. The van der Waals surface area contributed by atoms with Crippen molar-refractivity contribution < 1.29 is 8.42 Å². The van der Waals surface area contributed by atoms with Crippen LogP contribution < -0.4 is 5.32 Å². The minimum Gasteiger partial charge on any atom is -0.341 e. The number of hydrogen-bond acceptors (Lipinski definition) is 5. The van der Waals surface area contributed by atoms with Gasteiger partial charge in [0, 0.05) is 32.7 Å². The van der Waals surface area contributed by atoms with Gasteiger partial charge in [-0.1, -0.05) is 36.4 Å². The van der Waals surface area contributed by atoms with Crippen molar-refractivity contribution >= 4 is 21.5 Å². The van der Waals surface area contributed by atoms with Gasteiger partial charge in [-0.2, -0.15) is 8.42 Å². The zero-order valence-corrected chi connectivity index (χ0v) is 16.2. The summed E-state index contributed by atoms with van der Waals surface area (Å²) in [4.78, 5) is 4.95. The van der Waals surface area contributed by atoms with Crippen LogP contribution in [0.5, 0.6) is 0 Å². The first kappa shape index (κ1) is 18.2. The molecule has 0 aromatic heterocycles. The summed E-state index contributed by atoms with van der Waals surface area (Å²) < 4.78 is 28.7. The third kappa shape index (κ3) is 4.05. The van der Waals surface area contributed by atoms with Gasteiger partial charge in [-0.05, 0) is 30.2 Å². The molecule has 6 nitrogen and oxygen atoms in total. The Morgan fingerprint density at radius 3 is 2.30 bits per heavy atom. The number of para-hydroxylation sites is 1. The largest absolute Gasteiger partial charge is 0.341 e. The quantitative estimate of drug-likeness (QED) is 0.876. The van der Waals surface area contributed by atoms with Crippen LogP contribution >= 0.6 is 0 Å². The van der Waals surface area contributed by atoms with Crippen molar-refractivity contribution in [2.24, 2.45) is 4.40 Å². The average molecular weight is 385 g/mol. The summed E-state index contributed by atoms with van der Waals surface area (Å²) in [5, 5.41) is 3.17. The first-order chi connectivity index (χ1) is 13.0. The molecule has 1 fully saturated rings. The molecule has 0 aliphatic carbocycles. The van der Waals surface area contributed by atoms with E-state index in [1.807, 2.05) is 6.07 Å². The van der Waals surface area contributed by atoms with Gasteiger partial charge in [0.25, 0.3) is 10.0 Å². The van der Waals surface area contributed by atoms with E-state index < -0.39 is 10.0 Å². The van der Waals surface area contributed by atoms with Crippen molar-refractivity contribution in [3.63, 3.8) is 0 Å². The molecule has 2 heterocycles. The molecule has 2 aliphatic heterocycles. The maximum absolute atomic E-state index is 12.4. The topological polar surface area (TPSA) is 65.0 Å². The van der Waals surface area contributed by atoms with Crippen LogP contribution in [0.1, 0.15) is 11.1 Å². The Morgan fingerprint density at radius 1 is 0.926 bits per heavy atom. The Labute approximate surface area is 160 Å².